The highest BCUT2D eigenvalue weighted by atomic mass is 35.5. The van der Waals surface area contributed by atoms with Crippen molar-refractivity contribution >= 4 is 23.1 Å². The lowest BCUT2D eigenvalue weighted by molar-refractivity contribution is 0.101. The molecule has 0 bridgehead atoms. The van der Waals surface area contributed by atoms with Crippen LogP contribution in [0.25, 0.3) is 0 Å². The Morgan fingerprint density at radius 1 is 1.50 bits per heavy atom. The summed E-state index contributed by atoms with van der Waals surface area (Å²) in [7, 11) is 0. The highest BCUT2D eigenvalue weighted by Gasteiger charge is 2.08. The van der Waals surface area contributed by atoms with Crippen LogP contribution in [0, 0.1) is 6.92 Å². The van der Waals surface area contributed by atoms with Crippen LogP contribution in [-0.4, -0.2) is 12.3 Å². The Morgan fingerprint density at radius 3 is 2.64 bits per heavy atom. The number of carbonyl (C=O) groups is 1. The zero-order valence-electron chi connectivity index (χ0n) is 8.65. The molecule has 0 radical (unpaired) electrons. The van der Waals surface area contributed by atoms with E-state index in [4.69, 9.17) is 11.6 Å². The number of benzene rings is 1. The van der Waals surface area contributed by atoms with Crippen molar-refractivity contribution in [2.24, 2.45) is 0 Å². The Balaban J connectivity index is 3.17. The lowest BCUT2D eigenvalue weighted by Gasteiger charge is -2.10. The molecule has 0 saturated carbocycles. The lowest BCUT2D eigenvalue weighted by atomic mass is 10.1. The lowest BCUT2D eigenvalue weighted by Crippen LogP contribution is -2.01. The van der Waals surface area contributed by atoms with Gasteiger partial charge < -0.3 is 5.32 Å². The minimum Gasteiger partial charge on any atom is -0.385 e. The van der Waals surface area contributed by atoms with Crippen LogP contribution < -0.4 is 5.32 Å². The van der Waals surface area contributed by atoms with E-state index in [1.54, 1.807) is 6.07 Å². The van der Waals surface area contributed by atoms with Crippen LogP contribution in [0.15, 0.2) is 12.1 Å². The molecule has 0 unspecified atom stereocenters. The number of Topliss-reactive ketones (excluding diaryl/α,β-unsaturated/α-hetero) is 1. The van der Waals surface area contributed by atoms with Gasteiger partial charge in [0.15, 0.2) is 5.78 Å². The molecule has 0 aliphatic heterocycles. The van der Waals surface area contributed by atoms with Gasteiger partial charge in [-0.15, -0.1) is 0 Å². The van der Waals surface area contributed by atoms with E-state index in [1.165, 1.54) is 6.92 Å². The van der Waals surface area contributed by atoms with Crippen LogP contribution >= 0.6 is 11.6 Å². The fraction of sp³-hybridized carbons (Fsp3) is 0.364. The van der Waals surface area contributed by atoms with Crippen molar-refractivity contribution in [1.29, 1.82) is 0 Å². The minimum absolute atomic E-state index is 0.00106. The first-order valence-electron chi connectivity index (χ1n) is 4.61. The molecule has 0 heterocycles. The first-order chi connectivity index (χ1) is 6.56. The third kappa shape index (κ3) is 2.26. The zero-order chi connectivity index (χ0) is 10.7. The van der Waals surface area contributed by atoms with Crippen molar-refractivity contribution in [2.45, 2.75) is 20.8 Å². The first kappa shape index (κ1) is 11.1. The standard InChI is InChI=1S/C11H14ClNO/c1-4-13-11-6-10(12)9(8(3)14)5-7(11)2/h5-6,13H,4H2,1-3H3. The van der Waals surface area contributed by atoms with Crippen LogP contribution in [-0.2, 0) is 0 Å². The molecule has 0 amide bonds. The number of nitrogens with one attached hydrogen (secondary N) is 1. The van der Waals surface area contributed by atoms with Gasteiger partial charge in [-0.3, -0.25) is 4.79 Å². The van der Waals surface area contributed by atoms with Gasteiger partial charge in [0.1, 0.15) is 0 Å². The van der Waals surface area contributed by atoms with Gasteiger partial charge in [0.2, 0.25) is 0 Å². The molecule has 0 saturated heterocycles. The number of hydrogen-bond donors (Lipinski definition) is 1. The smallest absolute Gasteiger partial charge is 0.161 e. The first-order valence-corrected chi connectivity index (χ1v) is 4.99. The average Bonchev–Trinajstić information content (AvgIpc) is 2.10. The summed E-state index contributed by atoms with van der Waals surface area (Å²) < 4.78 is 0. The third-order valence-corrected chi connectivity index (χ3v) is 2.37. The van der Waals surface area contributed by atoms with E-state index in [9.17, 15) is 4.79 Å². The zero-order valence-corrected chi connectivity index (χ0v) is 9.40. The molecule has 0 aliphatic carbocycles. The Labute approximate surface area is 89.3 Å². The van der Waals surface area contributed by atoms with Gasteiger partial charge in [-0.2, -0.15) is 0 Å². The SMILES string of the molecule is CCNc1cc(Cl)c(C(C)=O)cc1C. The summed E-state index contributed by atoms with van der Waals surface area (Å²) in [6.07, 6.45) is 0. The second kappa shape index (κ2) is 4.47. The highest BCUT2D eigenvalue weighted by Crippen LogP contribution is 2.25. The third-order valence-electron chi connectivity index (χ3n) is 2.06. The Morgan fingerprint density at radius 2 is 2.14 bits per heavy atom. The van der Waals surface area contributed by atoms with Gasteiger partial charge >= 0.3 is 0 Å². The largest absolute Gasteiger partial charge is 0.385 e. The maximum Gasteiger partial charge on any atom is 0.161 e. The predicted molar refractivity (Wildman–Crippen MR) is 60.4 cm³/mol. The van der Waals surface area contributed by atoms with E-state index in [1.807, 2.05) is 19.9 Å². The van der Waals surface area contributed by atoms with E-state index in [0.29, 0.717) is 10.6 Å². The maximum absolute atomic E-state index is 11.2. The molecular weight excluding hydrogens is 198 g/mol. The molecule has 2 nitrogen and oxygen atoms in total. The predicted octanol–water partition coefficient (Wildman–Crippen LogP) is 3.28. The number of halogens is 1. The van der Waals surface area contributed by atoms with Gasteiger partial charge in [-0.1, -0.05) is 11.6 Å². The van der Waals surface area contributed by atoms with Gasteiger partial charge in [-0.05, 0) is 38.5 Å². The molecule has 14 heavy (non-hydrogen) atoms. The number of hydrogen-bond acceptors (Lipinski definition) is 2. The molecule has 0 spiro atoms. The van der Waals surface area contributed by atoms with E-state index < -0.39 is 0 Å². The Bertz CT molecular complexity index is 361. The summed E-state index contributed by atoms with van der Waals surface area (Å²) in [5.74, 6) is 0.00106. The van der Waals surface area contributed by atoms with Gasteiger partial charge in [0.25, 0.3) is 0 Å². The number of aryl methyl sites for hydroxylation is 1. The molecule has 0 aliphatic rings. The highest BCUT2D eigenvalue weighted by molar-refractivity contribution is 6.34. The minimum atomic E-state index is 0.00106. The molecule has 3 heteroatoms. The van der Waals surface area contributed by atoms with Crippen LogP contribution in [0.4, 0.5) is 5.69 Å². The van der Waals surface area contributed by atoms with Crippen molar-refractivity contribution < 1.29 is 4.79 Å². The summed E-state index contributed by atoms with van der Waals surface area (Å²) in [5.41, 5.74) is 2.62. The summed E-state index contributed by atoms with van der Waals surface area (Å²) in [4.78, 5) is 11.2. The number of ketones is 1. The summed E-state index contributed by atoms with van der Waals surface area (Å²) in [5, 5.41) is 3.70. The van der Waals surface area contributed by atoms with Gasteiger partial charge in [0.05, 0.1) is 5.02 Å². The monoisotopic (exact) mass is 211 g/mol. The molecular formula is C11H14ClNO. The molecule has 0 fully saturated rings. The van der Waals surface area contributed by atoms with Crippen molar-refractivity contribution in [2.75, 3.05) is 11.9 Å². The number of carbonyl (C=O) groups excluding carboxylic acids is 1. The van der Waals surface area contributed by atoms with Crippen molar-refractivity contribution in [3.8, 4) is 0 Å². The fourth-order valence-corrected chi connectivity index (χ4v) is 1.63. The molecule has 1 rings (SSSR count). The molecule has 1 N–H and O–H groups in total. The molecule has 0 aromatic heterocycles. The summed E-state index contributed by atoms with van der Waals surface area (Å²) in [6, 6.07) is 3.62. The van der Waals surface area contributed by atoms with Crippen LogP contribution in [0.1, 0.15) is 29.8 Å². The molecule has 1 aromatic rings. The topological polar surface area (TPSA) is 29.1 Å². The van der Waals surface area contributed by atoms with Crippen molar-refractivity contribution in [3.05, 3.63) is 28.3 Å². The Kier molecular flexibility index (Phi) is 3.53. The van der Waals surface area contributed by atoms with E-state index in [0.717, 1.165) is 17.8 Å². The van der Waals surface area contributed by atoms with Crippen LogP contribution in [0.2, 0.25) is 5.02 Å². The Hall–Kier alpha value is -1.02. The maximum atomic E-state index is 11.2. The van der Waals surface area contributed by atoms with E-state index in [2.05, 4.69) is 5.32 Å². The van der Waals surface area contributed by atoms with E-state index in [-0.39, 0.29) is 5.78 Å². The number of rotatable bonds is 3. The molecule has 1 aromatic carbocycles. The fourth-order valence-electron chi connectivity index (χ4n) is 1.33. The summed E-state index contributed by atoms with van der Waals surface area (Å²) >= 11 is 5.97. The second-order valence-electron chi connectivity index (χ2n) is 3.23. The van der Waals surface area contributed by atoms with Gasteiger partial charge in [-0.25, -0.2) is 0 Å². The summed E-state index contributed by atoms with van der Waals surface area (Å²) in [6.45, 7) is 6.34. The van der Waals surface area contributed by atoms with Crippen LogP contribution in [0.3, 0.4) is 0 Å². The second-order valence-corrected chi connectivity index (χ2v) is 3.64. The normalized spacial score (nSPS) is 10.0. The average molecular weight is 212 g/mol. The van der Waals surface area contributed by atoms with Gasteiger partial charge in [0, 0.05) is 17.8 Å². The van der Waals surface area contributed by atoms with E-state index >= 15 is 0 Å². The number of anilines is 1. The van der Waals surface area contributed by atoms with Crippen molar-refractivity contribution in [1.82, 2.24) is 0 Å². The quantitative estimate of drug-likeness (QED) is 0.778. The molecule has 76 valence electrons. The van der Waals surface area contributed by atoms with Crippen molar-refractivity contribution in [3.63, 3.8) is 0 Å². The van der Waals surface area contributed by atoms with Crippen LogP contribution in [0.5, 0.6) is 0 Å². The molecule has 0 atom stereocenters.